The number of carbonyl (C=O) groups excluding carboxylic acids is 1. The summed E-state index contributed by atoms with van der Waals surface area (Å²) in [5.74, 6) is -1.12. The quantitative estimate of drug-likeness (QED) is 0.694. The highest BCUT2D eigenvalue weighted by molar-refractivity contribution is 5.79. The Balaban J connectivity index is 1.88. The molecule has 0 aliphatic rings. The van der Waals surface area contributed by atoms with Gasteiger partial charge in [-0.05, 0) is 37.1 Å². The van der Waals surface area contributed by atoms with E-state index in [-0.39, 0.29) is 19.8 Å². The molecule has 0 amide bonds. The fourth-order valence-corrected chi connectivity index (χ4v) is 2.35. The second kappa shape index (κ2) is 9.01. The van der Waals surface area contributed by atoms with Crippen molar-refractivity contribution in [2.75, 3.05) is 13.2 Å². The fraction of sp³-hybridized carbons (Fsp3) is 0.300. The molecule has 0 aromatic heterocycles. The van der Waals surface area contributed by atoms with Gasteiger partial charge in [-0.2, -0.15) is 0 Å². The number of carboxylic acid groups (broad SMARTS) is 1. The first-order valence-corrected chi connectivity index (χ1v) is 8.26. The maximum Gasteiger partial charge on any atom is 0.344 e. The average Bonchev–Trinajstić information content (AvgIpc) is 2.66. The van der Waals surface area contributed by atoms with E-state index < -0.39 is 17.5 Å². The van der Waals surface area contributed by atoms with Crippen molar-refractivity contribution in [1.29, 1.82) is 0 Å². The lowest BCUT2D eigenvalue weighted by molar-refractivity contribution is -0.164. The van der Waals surface area contributed by atoms with Gasteiger partial charge < -0.3 is 19.3 Å². The second-order valence-electron chi connectivity index (χ2n) is 5.73. The van der Waals surface area contributed by atoms with Crippen LogP contribution in [0.2, 0.25) is 0 Å². The standard InChI is InChI=1S/C20H22O6/c1-3-26-20(2,19(22)23)16-9-11-17(12-10-16)24-14-18(21)25-13-15-7-5-4-6-8-15/h4-12H,3,13-14H2,1-2H3,(H,22,23)/t20-/m0/s1. The molecule has 0 heterocycles. The smallest absolute Gasteiger partial charge is 0.344 e. The number of rotatable bonds is 9. The molecule has 0 radical (unpaired) electrons. The molecular formula is C20H22O6. The molecule has 0 saturated heterocycles. The molecule has 26 heavy (non-hydrogen) atoms. The Kier molecular flexibility index (Phi) is 6.74. The summed E-state index contributed by atoms with van der Waals surface area (Å²) in [5, 5.41) is 9.40. The van der Waals surface area contributed by atoms with Crippen LogP contribution in [0.25, 0.3) is 0 Å². The number of aliphatic carboxylic acids is 1. The Morgan fingerprint density at radius 1 is 1.04 bits per heavy atom. The third kappa shape index (κ3) is 5.07. The molecule has 138 valence electrons. The lowest BCUT2D eigenvalue weighted by Crippen LogP contribution is -2.35. The zero-order valence-corrected chi connectivity index (χ0v) is 14.8. The lowest BCUT2D eigenvalue weighted by Gasteiger charge is -2.25. The number of hydrogen-bond donors (Lipinski definition) is 1. The van der Waals surface area contributed by atoms with E-state index in [2.05, 4.69) is 0 Å². The minimum Gasteiger partial charge on any atom is -0.482 e. The van der Waals surface area contributed by atoms with Crippen LogP contribution >= 0.6 is 0 Å². The maximum absolute atomic E-state index is 11.7. The predicted molar refractivity (Wildman–Crippen MR) is 94.8 cm³/mol. The van der Waals surface area contributed by atoms with Gasteiger partial charge in [-0.1, -0.05) is 42.5 Å². The van der Waals surface area contributed by atoms with Gasteiger partial charge >= 0.3 is 11.9 Å². The van der Waals surface area contributed by atoms with E-state index in [1.54, 1.807) is 31.2 Å². The van der Waals surface area contributed by atoms with E-state index in [1.807, 2.05) is 30.3 Å². The summed E-state index contributed by atoms with van der Waals surface area (Å²) in [6, 6.07) is 15.8. The monoisotopic (exact) mass is 358 g/mol. The fourth-order valence-electron chi connectivity index (χ4n) is 2.35. The summed E-state index contributed by atoms with van der Waals surface area (Å²) in [4.78, 5) is 23.2. The van der Waals surface area contributed by atoms with Crippen molar-refractivity contribution in [1.82, 2.24) is 0 Å². The third-order valence-electron chi connectivity index (χ3n) is 3.85. The molecule has 0 spiro atoms. The van der Waals surface area contributed by atoms with Crippen LogP contribution < -0.4 is 4.74 Å². The van der Waals surface area contributed by atoms with Crippen molar-refractivity contribution >= 4 is 11.9 Å². The highest BCUT2D eigenvalue weighted by atomic mass is 16.6. The molecule has 6 heteroatoms. The highest BCUT2D eigenvalue weighted by Gasteiger charge is 2.35. The third-order valence-corrected chi connectivity index (χ3v) is 3.85. The van der Waals surface area contributed by atoms with Crippen LogP contribution in [0, 0.1) is 0 Å². The van der Waals surface area contributed by atoms with Crippen molar-refractivity contribution in [3.63, 3.8) is 0 Å². The van der Waals surface area contributed by atoms with Gasteiger partial charge in [-0.25, -0.2) is 9.59 Å². The minimum absolute atomic E-state index is 0.188. The van der Waals surface area contributed by atoms with Crippen molar-refractivity contribution in [3.05, 3.63) is 65.7 Å². The molecule has 2 rings (SSSR count). The van der Waals surface area contributed by atoms with Crippen LogP contribution in [0.1, 0.15) is 25.0 Å². The Bertz CT molecular complexity index is 726. The summed E-state index contributed by atoms with van der Waals surface area (Å²) in [7, 11) is 0. The van der Waals surface area contributed by atoms with Gasteiger partial charge in [-0.15, -0.1) is 0 Å². The number of esters is 1. The first-order valence-electron chi connectivity index (χ1n) is 8.26. The van der Waals surface area contributed by atoms with Crippen LogP contribution in [0.15, 0.2) is 54.6 Å². The van der Waals surface area contributed by atoms with Gasteiger partial charge in [0.1, 0.15) is 12.4 Å². The van der Waals surface area contributed by atoms with Crippen molar-refractivity contribution < 1.29 is 28.9 Å². The number of hydrogen-bond acceptors (Lipinski definition) is 5. The first kappa shape index (κ1) is 19.5. The van der Waals surface area contributed by atoms with Gasteiger partial charge in [0.05, 0.1) is 0 Å². The Morgan fingerprint density at radius 2 is 1.69 bits per heavy atom. The van der Waals surface area contributed by atoms with E-state index in [0.29, 0.717) is 11.3 Å². The molecular weight excluding hydrogens is 336 g/mol. The van der Waals surface area contributed by atoms with Crippen LogP contribution in [0.3, 0.4) is 0 Å². The van der Waals surface area contributed by atoms with Crippen LogP contribution in [0.5, 0.6) is 5.75 Å². The molecule has 1 N–H and O–H groups in total. The molecule has 1 atom stereocenters. The zero-order valence-electron chi connectivity index (χ0n) is 14.8. The van der Waals surface area contributed by atoms with Crippen molar-refractivity contribution in [3.8, 4) is 5.75 Å². The van der Waals surface area contributed by atoms with Crippen LogP contribution in [0.4, 0.5) is 0 Å². The van der Waals surface area contributed by atoms with E-state index in [9.17, 15) is 14.7 Å². The van der Waals surface area contributed by atoms with Gasteiger partial charge in [0.15, 0.2) is 12.2 Å². The molecule has 0 bridgehead atoms. The number of carboxylic acids is 1. The Morgan fingerprint density at radius 3 is 2.27 bits per heavy atom. The summed E-state index contributed by atoms with van der Waals surface area (Å²) >= 11 is 0. The van der Waals surface area contributed by atoms with Gasteiger partial charge in [-0.3, -0.25) is 0 Å². The first-order chi connectivity index (χ1) is 12.5. The Labute approximate surface area is 152 Å². The zero-order chi connectivity index (χ0) is 19.0. The van der Waals surface area contributed by atoms with Gasteiger partial charge in [0, 0.05) is 6.61 Å². The predicted octanol–water partition coefficient (Wildman–Crippen LogP) is 3.15. The van der Waals surface area contributed by atoms with E-state index in [4.69, 9.17) is 14.2 Å². The van der Waals surface area contributed by atoms with Gasteiger partial charge in [0.25, 0.3) is 0 Å². The summed E-state index contributed by atoms with van der Waals surface area (Å²) in [6.45, 7) is 3.46. The molecule has 0 aliphatic heterocycles. The molecule has 0 saturated carbocycles. The van der Waals surface area contributed by atoms with Gasteiger partial charge in [0.2, 0.25) is 0 Å². The summed E-state index contributed by atoms with van der Waals surface area (Å²) in [5.41, 5.74) is -0.0398. The highest BCUT2D eigenvalue weighted by Crippen LogP contribution is 2.27. The topological polar surface area (TPSA) is 82.1 Å². The second-order valence-corrected chi connectivity index (χ2v) is 5.73. The number of carbonyl (C=O) groups is 2. The minimum atomic E-state index is -1.43. The molecule has 0 unspecified atom stereocenters. The van der Waals surface area contributed by atoms with E-state index in [1.165, 1.54) is 6.92 Å². The summed E-state index contributed by atoms with van der Waals surface area (Å²) < 4.78 is 15.9. The lowest BCUT2D eigenvalue weighted by atomic mass is 9.96. The molecule has 2 aromatic carbocycles. The number of benzene rings is 2. The van der Waals surface area contributed by atoms with Crippen LogP contribution in [-0.4, -0.2) is 30.3 Å². The average molecular weight is 358 g/mol. The normalized spacial score (nSPS) is 12.8. The molecule has 2 aromatic rings. The Hall–Kier alpha value is -2.86. The SMILES string of the molecule is CCO[C@](C)(C(=O)O)c1ccc(OCC(=O)OCc2ccccc2)cc1. The molecule has 6 nitrogen and oxygen atoms in total. The summed E-state index contributed by atoms with van der Waals surface area (Å²) in [6.07, 6.45) is 0. The molecule has 0 aliphatic carbocycles. The number of ether oxygens (including phenoxy) is 3. The molecule has 0 fully saturated rings. The maximum atomic E-state index is 11.7. The van der Waals surface area contributed by atoms with Crippen molar-refractivity contribution in [2.45, 2.75) is 26.1 Å². The van der Waals surface area contributed by atoms with E-state index in [0.717, 1.165) is 5.56 Å². The van der Waals surface area contributed by atoms with Crippen molar-refractivity contribution in [2.24, 2.45) is 0 Å². The van der Waals surface area contributed by atoms with E-state index >= 15 is 0 Å². The largest absolute Gasteiger partial charge is 0.482 e. The van der Waals surface area contributed by atoms with Crippen LogP contribution in [-0.2, 0) is 31.3 Å².